The Morgan fingerprint density at radius 1 is 1.11 bits per heavy atom. The van der Waals surface area contributed by atoms with Gasteiger partial charge in [0.1, 0.15) is 23.3 Å². The molecule has 189 valence electrons. The number of ether oxygens (including phenoxy) is 1. The Kier molecular flexibility index (Phi) is 8.36. The van der Waals surface area contributed by atoms with Crippen LogP contribution in [0.2, 0.25) is 28.3 Å². The second kappa shape index (κ2) is 10.6. The molecule has 9 heteroatoms. The molecule has 3 rings (SSSR count). The molecule has 0 bridgehead atoms. The van der Waals surface area contributed by atoms with Crippen molar-refractivity contribution in [2.45, 2.75) is 72.2 Å². The van der Waals surface area contributed by atoms with Crippen molar-refractivity contribution in [3.8, 4) is 28.4 Å². The summed E-state index contributed by atoms with van der Waals surface area (Å²) in [6.07, 6.45) is 0.510. The van der Waals surface area contributed by atoms with Crippen molar-refractivity contribution >= 4 is 31.5 Å². The Bertz CT molecular complexity index is 1190. The summed E-state index contributed by atoms with van der Waals surface area (Å²) in [7, 11) is -1.94. The molecule has 2 heterocycles. The van der Waals surface area contributed by atoms with Crippen molar-refractivity contribution in [3.05, 3.63) is 52.3 Å². The molecule has 0 aliphatic heterocycles. The highest BCUT2D eigenvalue weighted by Crippen LogP contribution is 2.38. The lowest BCUT2D eigenvalue weighted by Gasteiger charge is -2.39. The molecule has 0 aliphatic carbocycles. The Morgan fingerprint density at radius 3 is 2.37 bits per heavy atom. The predicted molar refractivity (Wildman–Crippen MR) is 145 cm³/mol. The molecule has 35 heavy (non-hydrogen) atoms. The topological polar surface area (TPSA) is 70.3 Å². The molecule has 0 aliphatic rings. The number of hydrogen-bond donors (Lipinski definition) is 0. The van der Waals surface area contributed by atoms with Gasteiger partial charge in [0.05, 0.1) is 28.1 Å². The van der Waals surface area contributed by atoms with Gasteiger partial charge in [0.2, 0.25) is 0 Å². The summed E-state index contributed by atoms with van der Waals surface area (Å²) >= 11 is 13.1. The fraction of sp³-hybridized carbons (Fsp3) is 0.462. The predicted octanol–water partition coefficient (Wildman–Crippen LogP) is 8.02. The molecular weight excluding hydrogens is 501 g/mol. The third-order valence-electron chi connectivity index (χ3n) is 6.56. The van der Waals surface area contributed by atoms with Crippen molar-refractivity contribution in [3.63, 3.8) is 0 Å². The van der Waals surface area contributed by atoms with Gasteiger partial charge in [-0.3, -0.25) is 0 Å². The van der Waals surface area contributed by atoms with Crippen LogP contribution in [0.15, 0.2) is 22.7 Å². The van der Waals surface area contributed by atoms with E-state index in [0.29, 0.717) is 51.8 Å². The van der Waals surface area contributed by atoms with E-state index in [0.717, 1.165) is 16.8 Å². The van der Waals surface area contributed by atoms with E-state index in [-0.39, 0.29) is 11.1 Å². The van der Waals surface area contributed by atoms with Crippen molar-refractivity contribution < 1.29 is 13.7 Å². The molecule has 6 nitrogen and oxygen atoms in total. The molecule has 0 saturated carbocycles. The third kappa shape index (κ3) is 6.08. The summed E-state index contributed by atoms with van der Waals surface area (Å²) in [4.78, 5) is 9.29. The van der Waals surface area contributed by atoms with E-state index >= 15 is 0 Å². The van der Waals surface area contributed by atoms with Crippen LogP contribution in [-0.2, 0) is 4.43 Å². The number of halogens is 2. The van der Waals surface area contributed by atoms with Gasteiger partial charge in [-0.15, -0.1) is 0 Å². The van der Waals surface area contributed by atoms with Crippen molar-refractivity contribution in [2.75, 3.05) is 6.61 Å². The summed E-state index contributed by atoms with van der Waals surface area (Å²) in [6.45, 7) is 21.1. The maximum atomic E-state index is 6.55. The van der Waals surface area contributed by atoms with Crippen LogP contribution in [0, 0.1) is 27.7 Å². The van der Waals surface area contributed by atoms with Gasteiger partial charge in [0.15, 0.2) is 14.1 Å². The first-order valence-electron chi connectivity index (χ1n) is 11.6. The van der Waals surface area contributed by atoms with Crippen LogP contribution >= 0.6 is 23.2 Å². The van der Waals surface area contributed by atoms with E-state index in [1.54, 1.807) is 6.07 Å². The minimum absolute atomic E-state index is 0.105. The van der Waals surface area contributed by atoms with Gasteiger partial charge in [0, 0.05) is 11.1 Å². The van der Waals surface area contributed by atoms with E-state index in [9.17, 15) is 0 Å². The highest BCUT2D eigenvalue weighted by Gasteiger charge is 2.39. The van der Waals surface area contributed by atoms with E-state index in [2.05, 4.69) is 50.9 Å². The van der Waals surface area contributed by atoms with Crippen LogP contribution in [0.5, 0.6) is 5.75 Å². The van der Waals surface area contributed by atoms with Crippen molar-refractivity contribution in [2.24, 2.45) is 0 Å². The first-order valence-corrected chi connectivity index (χ1v) is 15.3. The quantitative estimate of drug-likeness (QED) is 0.215. The number of rotatable bonds is 8. The first kappa shape index (κ1) is 27.7. The minimum atomic E-state index is -1.94. The van der Waals surface area contributed by atoms with E-state index in [1.165, 1.54) is 0 Å². The van der Waals surface area contributed by atoms with Crippen LogP contribution in [0.25, 0.3) is 22.6 Å². The zero-order chi connectivity index (χ0) is 26.1. The van der Waals surface area contributed by atoms with Crippen LogP contribution in [0.3, 0.4) is 0 Å². The second-order valence-corrected chi connectivity index (χ2v) is 15.8. The van der Waals surface area contributed by atoms with Gasteiger partial charge in [-0.25, -0.2) is 9.97 Å². The molecule has 1 atom stereocenters. The minimum Gasteiger partial charge on any atom is -0.491 e. The standard InChI is InChI=1S/C26H34Cl2N3O3Si/c1-10-18(34-35(8,9)26(5,6)7)14-32-19-11-12-21(27)20(13-19)25-29-23(15(2)24(28)30-25)22-16(3)31-33-17(22)4/h11-13,18H,1,10,14H2,2-9H3/t18-/m1/s1. The summed E-state index contributed by atoms with van der Waals surface area (Å²) in [5.74, 6) is 1.70. The first-order chi connectivity index (χ1) is 16.2. The molecule has 2 aromatic heterocycles. The molecule has 0 saturated heterocycles. The molecule has 1 aromatic carbocycles. The Morgan fingerprint density at radius 2 is 1.80 bits per heavy atom. The second-order valence-electron chi connectivity index (χ2n) is 10.3. The van der Waals surface area contributed by atoms with Crippen LogP contribution in [-0.4, -0.2) is 36.2 Å². The van der Waals surface area contributed by atoms with Crippen LogP contribution in [0.1, 0.15) is 44.2 Å². The summed E-state index contributed by atoms with van der Waals surface area (Å²) in [6, 6.07) is 5.42. The molecule has 0 spiro atoms. The Hall–Kier alpha value is -1.93. The summed E-state index contributed by atoms with van der Waals surface area (Å²) in [5, 5.41) is 4.99. The monoisotopic (exact) mass is 534 g/mol. The van der Waals surface area contributed by atoms with Crippen LogP contribution in [0.4, 0.5) is 0 Å². The fourth-order valence-electron chi connectivity index (χ4n) is 3.40. The molecule has 0 fully saturated rings. The van der Waals surface area contributed by atoms with Crippen molar-refractivity contribution in [1.82, 2.24) is 15.1 Å². The average Bonchev–Trinajstić information content (AvgIpc) is 3.11. The zero-order valence-corrected chi connectivity index (χ0v) is 24.3. The fourth-order valence-corrected chi connectivity index (χ4v) is 5.14. The van der Waals surface area contributed by atoms with Gasteiger partial charge in [0.25, 0.3) is 0 Å². The van der Waals surface area contributed by atoms with Crippen LogP contribution < -0.4 is 4.74 Å². The number of benzene rings is 1. The smallest absolute Gasteiger partial charge is 0.192 e. The molecule has 1 radical (unpaired) electrons. The number of aryl methyl sites for hydroxylation is 2. The van der Waals surface area contributed by atoms with E-state index in [4.69, 9.17) is 41.9 Å². The number of nitrogens with zero attached hydrogens (tertiary/aromatic N) is 3. The van der Waals surface area contributed by atoms with Gasteiger partial charge < -0.3 is 13.7 Å². The van der Waals surface area contributed by atoms with Gasteiger partial charge in [-0.05, 0) is 63.5 Å². The normalized spacial score (nSPS) is 13.2. The summed E-state index contributed by atoms with van der Waals surface area (Å²) in [5.41, 5.74) is 3.57. The zero-order valence-electron chi connectivity index (χ0n) is 21.8. The highest BCUT2D eigenvalue weighted by atomic mass is 35.5. The largest absolute Gasteiger partial charge is 0.491 e. The molecular formula is C26H34Cl2N3O3Si. The molecule has 3 aromatic rings. The average molecular weight is 536 g/mol. The molecule has 0 amide bonds. The third-order valence-corrected chi connectivity index (χ3v) is 11.8. The van der Waals surface area contributed by atoms with Crippen molar-refractivity contribution in [1.29, 1.82) is 0 Å². The maximum Gasteiger partial charge on any atom is 0.192 e. The SMILES string of the molecule is [CH2]C[C@H](COc1ccc(Cl)c(-c2nc(Cl)c(C)c(-c3c(C)noc3C)n2)c1)O[Si](C)(C)C(C)(C)C. The highest BCUT2D eigenvalue weighted by molar-refractivity contribution is 6.74. The van der Waals surface area contributed by atoms with Gasteiger partial charge in [-0.1, -0.05) is 56.1 Å². The number of hydrogen-bond acceptors (Lipinski definition) is 6. The lowest BCUT2D eigenvalue weighted by Crippen LogP contribution is -2.45. The Labute approximate surface area is 219 Å². The lowest BCUT2D eigenvalue weighted by atomic mass is 10.1. The number of aromatic nitrogens is 3. The lowest BCUT2D eigenvalue weighted by molar-refractivity contribution is 0.116. The molecule has 0 N–H and O–H groups in total. The maximum absolute atomic E-state index is 6.55. The van der Waals surface area contributed by atoms with E-state index < -0.39 is 8.32 Å². The summed E-state index contributed by atoms with van der Waals surface area (Å²) < 4.78 is 17.9. The Balaban J connectivity index is 1.90. The van der Waals surface area contributed by atoms with Gasteiger partial charge >= 0.3 is 0 Å². The van der Waals surface area contributed by atoms with Gasteiger partial charge in [-0.2, -0.15) is 0 Å². The van der Waals surface area contributed by atoms with E-state index in [1.807, 2.05) is 32.9 Å². The molecule has 0 unspecified atom stereocenters.